The fourth-order valence-corrected chi connectivity index (χ4v) is 4.32. The van der Waals surface area contributed by atoms with Gasteiger partial charge in [0.05, 0.1) is 11.9 Å². The molecule has 0 unspecified atom stereocenters. The van der Waals surface area contributed by atoms with E-state index in [4.69, 9.17) is 0 Å². The number of rotatable bonds is 3. The molecule has 5 rings (SSSR count). The highest BCUT2D eigenvalue weighted by molar-refractivity contribution is 9.10. The molecular weight excluding hydrogens is 422 g/mol. The number of nitrogens with one attached hydrogen (secondary N) is 1. The summed E-state index contributed by atoms with van der Waals surface area (Å²) in [5.41, 5.74) is 3.38. The molecule has 142 valence electrons. The summed E-state index contributed by atoms with van der Waals surface area (Å²) >= 11 is 3.50. The van der Waals surface area contributed by atoms with Crippen LogP contribution in [0.3, 0.4) is 0 Å². The largest absolute Gasteiger partial charge is 0.328 e. The number of hydrogen-bond donors (Lipinski definition) is 1. The van der Waals surface area contributed by atoms with E-state index < -0.39 is 0 Å². The Kier molecular flexibility index (Phi) is 3.80. The molecule has 8 heteroatoms. The van der Waals surface area contributed by atoms with Gasteiger partial charge in [0.1, 0.15) is 6.54 Å². The Hall–Kier alpha value is -2.74. The molecule has 0 radical (unpaired) electrons. The predicted octanol–water partition coefficient (Wildman–Crippen LogP) is 2.93. The first-order valence-corrected chi connectivity index (χ1v) is 9.95. The zero-order chi connectivity index (χ0) is 19.5. The zero-order valence-electron chi connectivity index (χ0n) is 15.3. The lowest BCUT2D eigenvalue weighted by molar-refractivity contribution is -0.117. The molecule has 2 aliphatic rings. The number of carbonyl (C=O) groups excluding carboxylic acids is 2. The van der Waals surface area contributed by atoms with Crippen LogP contribution >= 0.6 is 15.9 Å². The highest BCUT2D eigenvalue weighted by Gasteiger charge is 2.51. The van der Waals surface area contributed by atoms with Crippen molar-refractivity contribution in [3.8, 4) is 0 Å². The van der Waals surface area contributed by atoms with E-state index in [9.17, 15) is 9.59 Å². The first kappa shape index (κ1) is 17.4. The number of aromatic nitrogens is 3. The minimum Gasteiger partial charge on any atom is -0.328 e. The van der Waals surface area contributed by atoms with Gasteiger partial charge in [-0.3, -0.25) is 9.59 Å². The Labute approximate surface area is 169 Å². The van der Waals surface area contributed by atoms with E-state index in [0.717, 1.165) is 34.2 Å². The molecule has 1 aliphatic carbocycles. The molecule has 3 aromatic rings. The van der Waals surface area contributed by atoms with Crippen molar-refractivity contribution in [2.24, 2.45) is 0 Å². The molecule has 1 N–H and O–H groups in total. The molecule has 1 aliphatic heterocycles. The third kappa shape index (κ3) is 2.88. The Bertz CT molecular complexity index is 1130. The second-order valence-corrected chi connectivity index (χ2v) is 8.50. The van der Waals surface area contributed by atoms with Crippen molar-refractivity contribution in [1.29, 1.82) is 0 Å². The zero-order valence-corrected chi connectivity index (χ0v) is 16.9. The second-order valence-electron chi connectivity index (χ2n) is 7.58. The third-order valence-corrected chi connectivity index (χ3v) is 5.95. The Morgan fingerprint density at radius 1 is 1.29 bits per heavy atom. The number of fused-ring (bicyclic) bond motifs is 3. The number of aryl methyl sites for hydroxylation is 1. The van der Waals surface area contributed by atoms with Gasteiger partial charge in [0.25, 0.3) is 5.91 Å². The summed E-state index contributed by atoms with van der Waals surface area (Å²) in [4.78, 5) is 31.5. The topological polar surface area (TPSA) is 79.6 Å². The van der Waals surface area contributed by atoms with Crippen molar-refractivity contribution < 1.29 is 9.59 Å². The fraction of sp³-hybridized carbons (Fsp3) is 0.300. The number of anilines is 1. The van der Waals surface area contributed by atoms with Gasteiger partial charge in [-0.2, -0.15) is 0 Å². The molecule has 0 saturated heterocycles. The lowest BCUT2D eigenvalue weighted by atomic mass is 9.86. The Morgan fingerprint density at radius 2 is 2.11 bits per heavy atom. The van der Waals surface area contributed by atoms with Crippen molar-refractivity contribution in [2.75, 3.05) is 18.4 Å². The molecule has 2 amide bonds. The summed E-state index contributed by atoms with van der Waals surface area (Å²) in [7, 11) is 0. The highest BCUT2D eigenvalue weighted by atomic mass is 79.9. The molecule has 1 spiro atoms. The number of amides is 2. The maximum atomic E-state index is 12.9. The Balaban J connectivity index is 1.34. The van der Waals surface area contributed by atoms with Gasteiger partial charge in [0.2, 0.25) is 5.91 Å². The van der Waals surface area contributed by atoms with Gasteiger partial charge in [-0.05, 0) is 55.7 Å². The number of halogens is 1. The van der Waals surface area contributed by atoms with Crippen LogP contribution in [0.25, 0.3) is 5.65 Å². The quantitative estimate of drug-likeness (QED) is 0.680. The van der Waals surface area contributed by atoms with Crippen LogP contribution in [0.2, 0.25) is 0 Å². The van der Waals surface area contributed by atoms with Gasteiger partial charge >= 0.3 is 0 Å². The molecule has 1 saturated carbocycles. The lowest BCUT2D eigenvalue weighted by Crippen LogP contribution is -2.46. The maximum absolute atomic E-state index is 12.9. The first-order chi connectivity index (χ1) is 13.4. The van der Waals surface area contributed by atoms with E-state index in [2.05, 4.69) is 31.3 Å². The minimum atomic E-state index is -0.256. The Morgan fingerprint density at radius 3 is 2.89 bits per heavy atom. The van der Waals surface area contributed by atoms with Crippen molar-refractivity contribution in [2.45, 2.75) is 25.2 Å². The van der Waals surface area contributed by atoms with Crippen LogP contribution in [0.5, 0.6) is 0 Å². The summed E-state index contributed by atoms with van der Waals surface area (Å²) in [6.07, 6.45) is 3.88. The monoisotopic (exact) mass is 439 g/mol. The van der Waals surface area contributed by atoms with Crippen molar-refractivity contribution in [1.82, 2.24) is 19.5 Å². The van der Waals surface area contributed by atoms with Crippen LogP contribution in [0.1, 0.15) is 34.5 Å². The van der Waals surface area contributed by atoms with Gasteiger partial charge in [-0.15, -0.1) is 5.10 Å². The molecule has 0 bridgehead atoms. The van der Waals surface area contributed by atoms with E-state index in [1.54, 1.807) is 27.7 Å². The van der Waals surface area contributed by atoms with Gasteiger partial charge in [-0.25, -0.2) is 9.50 Å². The van der Waals surface area contributed by atoms with Crippen LogP contribution in [-0.4, -0.2) is 44.4 Å². The predicted molar refractivity (Wildman–Crippen MR) is 107 cm³/mol. The van der Waals surface area contributed by atoms with E-state index in [0.29, 0.717) is 17.9 Å². The van der Waals surface area contributed by atoms with Crippen molar-refractivity contribution in [3.63, 3.8) is 0 Å². The van der Waals surface area contributed by atoms with E-state index in [1.165, 1.54) is 0 Å². The average Bonchev–Trinajstić information content (AvgIpc) is 3.32. The van der Waals surface area contributed by atoms with Crippen molar-refractivity contribution >= 4 is 39.2 Å². The molecule has 28 heavy (non-hydrogen) atoms. The van der Waals surface area contributed by atoms with Gasteiger partial charge < -0.3 is 10.2 Å². The second kappa shape index (κ2) is 6.13. The molecule has 3 heterocycles. The number of benzene rings is 1. The summed E-state index contributed by atoms with van der Waals surface area (Å²) in [5.74, 6) is 0.0852. The lowest BCUT2D eigenvalue weighted by Gasteiger charge is -2.34. The standard InChI is InChI=1S/C20H18BrN5O2/c1-12-9-26-17(22-12)5-4-16(24-26)23-18(27)10-25-11-20(6-7-20)15-8-13(21)2-3-14(15)19(25)28/h2-5,8-9H,6-7,10-11H2,1H3,(H,23,24,27). The molecule has 1 fully saturated rings. The van der Waals surface area contributed by atoms with E-state index >= 15 is 0 Å². The number of hydrogen-bond acceptors (Lipinski definition) is 4. The van der Waals surface area contributed by atoms with Crippen LogP contribution in [0.15, 0.2) is 41.0 Å². The highest BCUT2D eigenvalue weighted by Crippen LogP contribution is 2.52. The van der Waals surface area contributed by atoms with Crippen molar-refractivity contribution in [3.05, 3.63) is 57.8 Å². The average molecular weight is 440 g/mol. The number of nitrogens with zero attached hydrogens (tertiary/aromatic N) is 4. The van der Waals surface area contributed by atoms with E-state index in [-0.39, 0.29) is 23.8 Å². The number of carbonyl (C=O) groups is 2. The summed E-state index contributed by atoms with van der Waals surface area (Å²) in [5, 5.41) is 7.14. The molecule has 0 atom stereocenters. The molecular formula is C20H18BrN5O2. The van der Waals surface area contributed by atoms with Crippen LogP contribution < -0.4 is 5.32 Å². The smallest absolute Gasteiger partial charge is 0.254 e. The van der Waals surface area contributed by atoms with Crippen LogP contribution in [0, 0.1) is 6.92 Å². The summed E-state index contributed by atoms with van der Waals surface area (Å²) in [6, 6.07) is 9.29. The minimum absolute atomic E-state index is 0.00119. The summed E-state index contributed by atoms with van der Waals surface area (Å²) < 4.78 is 2.61. The van der Waals surface area contributed by atoms with E-state index in [1.807, 2.05) is 25.1 Å². The van der Waals surface area contributed by atoms with Gasteiger partial charge in [0.15, 0.2) is 11.5 Å². The van der Waals surface area contributed by atoms with Crippen LogP contribution in [0.4, 0.5) is 5.82 Å². The maximum Gasteiger partial charge on any atom is 0.254 e. The fourth-order valence-electron chi connectivity index (χ4n) is 3.96. The molecule has 1 aromatic carbocycles. The SMILES string of the molecule is Cc1cn2nc(NC(=O)CN3CC4(CC4)c4cc(Br)ccc4C3=O)ccc2n1. The molecule has 7 nitrogen and oxygen atoms in total. The van der Waals surface area contributed by atoms with Gasteiger partial charge in [-0.1, -0.05) is 15.9 Å². The third-order valence-electron chi connectivity index (χ3n) is 5.46. The normalized spacial score (nSPS) is 17.1. The first-order valence-electron chi connectivity index (χ1n) is 9.16. The summed E-state index contributed by atoms with van der Waals surface area (Å²) in [6.45, 7) is 2.48. The molecule has 2 aromatic heterocycles. The van der Waals surface area contributed by atoms with Crippen LogP contribution in [-0.2, 0) is 10.2 Å². The van der Waals surface area contributed by atoms with Gasteiger partial charge in [0, 0.05) is 22.0 Å². The number of imidazole rings is 1.